The molecular weight excluding hydrogens is 224 g/mol. The van der Waals surface area contributed by atoms with E-state index < -0.39 is 0 Å². The molecule has 0 aromatic carbocycles. The molecule has 3 nitrogen and oxygen atoms in total. The Morgan fingerprint density at radius 2 is 2.12 bits per heavy atom. The molecule has 1 rings (SSSR count). The zero-order valence-electron chi connectivity index (χ0n) is 9.75. The molecule has 1 aromatic rings. The lowest BCUT2D eigenvalue weighted by Gasteiger charge is -2.17. The van der Waals surface area contributed by atoms with Gasteiger partial charge in [-0.3, -0.25) is 0 Å². The van der Waals surface area contributed by atoms with Crippen LogP contribution in [0.15, 0.2) is 12.1 Å². The highest BCUT2D eigenvalue weighted by Crippen LogP contribution is 2.20. The molecule has 0 bridgehead atoms. The van der Waals surface area contributed by atoms with Gasteiger partial charge in [0.1, 0.15) is 5.15 Å². The minimum absolute atomic E-state index is 0.219. The number of aromatic nitrogens is 1. The Kier molecular flexibility index (Phi) is 4.14. The van der Waals surface area contributed by atoms with Crippen molar-refractivity contribution in [2.24, 2.45) is 5.41 Å². The summed E-state index contributed by atoms with van der Waals surface area (Å²) in [7, 11) is 0. The molecule has 0 aliphatic heterocycles. The van der Waals surface area contributed by atoms with Crippen LogP contribution >= 0.6 is 11.6 Å². The number of halogens is 1. The second-order valence-electron chi connectivity index (χ2n) is 4.79. The minimum Gasteiger partial charge on any atom is -0.478 e. The fourth-order valence-electron chi connectivity index (χ4n) is 1.07. The van der Waals surface area contributed by atoms with Crippen LogP contribution in [-0.2, 0) is 0 Å². The normalized spacial score (nSPS) is 10.9. The maximum Gasteiger partial charge on any atom is 0.215 e. The highest BCUT2D eigenvalue weighted by molar-refractivity contribution is 6.29. The summed E-state index contributed by atoms with van der Waals surface area (Å²) in [5.74, 6) is 0.410. The quantitative estimate of drug-likeness (QED) is 0.758. The molecule has 0 unspecified atom stereocenters. The van der Waals surface area contributed by atoms with Crippen LogP contribution in [0.25, 0.3) is 0 Å². The van der Waals surface area contributed by atoms with Gasteiger partial charge in [-0.15, -0.1) is 0 Å². The summed E-state index contributed by atoms with van der Waals surface area (Å²) in [4.78, 5) is 3.99. The van der Waals surface area contributed by atoms with E-state index in [4.69, 9.17) is 21.6 Å². The molecule has 0 atom stereocenters. The van der Waals surface area contributed by atoms with Crippen LogP contribution in [-0.4, -0.2) is 11.6 Å². The number of hydrogen-bond donors (Lipinski definition) is 0. The van der Waals surface area contributed by atoms with Gasteiger partial charge in [0.2, 0.25) is 5.88 Å². The molecule has 1 heterocycles. The molecule has 86 valence electrons. The van der Waals surface area contributed by atoms with E-state index in [0.29, 0.717) is 18.1 Å². The molecule has 0 N–H and O–H groups in total. The van der Waals surface area contributed by atoms with E-state index >= 15 is 0 Å². The smallest absolute Gasteiger partial charge is 0.215 e. The third-order valence-electron chi connectivity index (χ3n) is 2.00. The van der Waals surface area contributed by atoms with Crippen molar-refractivity contribution in [1.29, 1.82) is 5.26 Å². The number of hydrogen-bond acceptors (Lipinski definition) is 3. The highest BCUT2D eigenvalue weighted by Gasteiger charge is 2.10. The summed E-state index contributed by atoms with van der Waals surface area (Å²) in [5.41, 5.74) is 0.683. The lowest BCUT2D eigenvalue weighted by Crippen LogP contribution is -2.11. The first kappa shape index (κ1) is 12.8. The molecule has 0 spiro atoms. The van der Waals surface area contributed by atoms with Gasteiger partial charge >= 0.3 is 0 Å². The Hall–Kier alpha value is -1.27. The summed E-state index contributed by atoms with van der Waals surface area (Å²) in [6, 6.07) is 5.11. The first-order chi connectivity index (χ1) is 7.40. The van der Waals surface area contributed by atoms with E-state index in [1.54, 1.807) is 6.07 Å². The van der Waals surface area contributed by atoms with E-state index in [1.165, 1.54) is 6.07 Å². The van der Waals surface area contributed by atoms with Crippen LogP contribution in [0.3, 0.4) is 0 Å². The van der Waals surface area contributed by atoms with Crippen molar-refractivity contribution in [2.45, 2.75) is 27.2 Å². The number of nitriles is 1. The van der Waals surface area contributed by atoms with Crippen LogP contribution in [0, 0.1) is 16.7 Å². The van der Waals surface area contributed by atoms with Gasteiger partial charge in [0, 0.05) is 6.07 Å². The van der Waals surface area contributed by atoms with Crippen molar-refractivity contribution >= 4 is 11.6 Å². The first-order valence-electron chi connectivity index (χ1n) is 5.11. The molecule has 0 saturated carbocycles. The molecule has 1 aromatic heterocycles. The van der Waals surface area contributed by atoms with Crippen molar-refractivity contribution in [1.82, 2.24) is 4.98 Å². The Balaban J connectivity index is 2.61. The van der Waals surface area contributed by atoms with Gasteiger partial charge in [-0.25, -0.2) is 4.98 Å². The Bertz CT molecular complexity index is 404. The number of pyridine rings is 1. The summed E-state index contributed by atoms with van der Waals surface area (Å²) in [6.45, 7) is 7.00. The van der Waals surface area contributed by atoms with Crippen LogP contribution in [0.2, 0.25) is 5.15 Å². The molecule has 0 saturated heterocycles. The standard InChI is InChI=1S/C12H15ClN2O/c1-12(2,3)4-5-16-11-7-9(8-14)6-10(13)15-11/h6-7H,4-5H2,1-3H3. The van der Waals surface area contributed by atoms with Gasteiger partial charge in [0.25, 0.3) is 0 Å². The predicted octanol–water partition coefficient (Wildman–Crippen LogP) is 3.42. The van der Waals surface area contributed by atoms with Crippen molar-refractivity contribution in [2.75, 3.05) is 6.61 Å². The Morgan fingerprint density at radius 3 is 2.69 bits per heavy atom. The number of rotatable bonds is 3. The fourth-order valence-corrected chi connectivity index (χ4v) is 1.27. The highest BCUT2D eigenvalue weighted by atomic mass is 35.5. The van der Waals surface area contributed by atoms with E-state index in [9.17, 15) is 0 Å². The maximum atomic E-state index is 8.75. The zero-order chi connectivity index (χ0) is 12.2. The second kappa shape index (κ2) is 5.18. The second-order valence-corrected chi connectivity index (χ2v) is 5.17. The first-order valence-corrected chi connectivity index (χ1v) is 5.49. The summed E-state index contributed by atoms with van der Waals surface area (Å²) < 4.78 is 5.46. The summed E-state index contributed by atoms with van der Waals surface area (Å²) in [5, 5.41) is 9.03. The van der Waals surface area contributed by atoms with Crippen molar-refractivity contribution < 1.29 is 4.74 Å². The van der Waals surface area contributed by atoms with Crippen LogP contribution < -0.4 is 4.74 Å². The zero-order valence-corrected chi connectivity index (χ0v) is 10.5. The molecule has 0 aliphatic carbocycles. The molecular formula is C12H15ClN2O. The molecule has 0 fully saturated rings. The molecule has 4 heteroatoms. The molecule has 0 amide bonds. The third-order valence-corrected chi connectivity index (χ3v) is 2.20. The molecule has 16 heavy (non-hydrogen) atoms. The van der Waals surface area contributed by atoms with Crippen molar-refractivity contribution in [3.63, 3.8) is 0 Å². The largest absolute Gasteiger partial charge is 0.478 e. The van der Waals surface area contributed by atoms with Gasteiger partial charge in [-0.05, 0) is 17.9 Å². The van der Waals surface area contributed by atoms with E-state index in [0.717, 1.165) is 6.42 Å². The van der Waals surface area contributed by atoms with E-state index in [-0.39, 0.29) is 10.6 Å². The SMILES string of the molecule is CC(C)(C)CCOc1cc(C#N)cc(Cl)n1. The monoisotopic (exact) mass is 238 g/mol. The van der Waals surface area contributed by atoms with Gasteiger partial charge < -0.3 is 4.74 Å². The molecule has 0 radical (unpaired) electrons. The topological polar surface area (TPSA) is 45.9 Å². The van der Waals surface area contributed by atoms with Crippen molar-refractivity contribution in [3.8, 4) is 11.9 Å². The average molecular weight is 239 g/mol. The van der Waals surface area contributed by atoms with Crippen LogP contribution in [0.4, 0.5) is 0 Å². The summed E-state index contributed by atoms with van der Waals surface area (Å²) >= 11 is 5.76. The van der Waals surface area contributed by atoms with Crippen LogP contribution in [0.1, 0.15) is 32.8 Å². The predicted molar refractivity (Wildman–Crippen MR) is 63.5 cm³/mol. The summed E-state index contributed by atoms with van der Waals surface area (Å²) in [6.07, 6.45) is 0.920. The molecule has 0 aliphatic rings. The third kappa shape index (κ3) is 4.50. The van der Waals surface area contributed by atoms with Gasteiger partial charge in [0.15, 0.2) is 0 Å². The maximum absolute atomic E-state index is 8.75. The van der Waals surface area contributed by atoms with E-state index in [1.807, 2.05) is 6.07 Å². The van der Waals surface area contributed by atoms with Crippen LogP contribution in [0.5, 0.6) is 5.88 Å². The minimum atomic E-state index is 0.219. The van der Waals surface area contributed by atoms with Gasteiger partial charge in [-0.2, -0.15) is 5.26 Å². The Morgan fingerprint density at radius 1 is 1.44 bits per heavy atom. The van der Waals surface area contributed by atoms with Crippen molar-refractivity contribution in [3.05, 3.63) is 22.8 Å². The van der Waals surface area contributed by atoms with Gasteiger partial charge in [-0.1, -0.05) is 32.4 Å². The fraction of sp³-hybridized carbons (Fsp3) is 0.500. The van der Waals surface area contributed by atoms with E-state index in [2.05, 4.69) is 25.8 Å². The Labute approximate surface area is 101 Å². The number of nitrogens with zero attached hydrogens (tertiary/aromatic N) is 2. The lowest BCUT2D eigenvalue weighted by molar-refractivity contribution is 0.236. The lowest BCUT2D eigenvalue weighted by atomic mass is 9.93. The van der Waals surface area contributed by atoms with Gasteiger partial charge in [0.05, 0.1) is 18.2 Å². The average Bonchev–Trinajstić information content (AvgIpc) is 2.14. The number of ether oxygens (including phenoxy) is 1.